The summed E-state index contributed by atoms with van der Waals surface area (Å²) in [5, 5.41) is 0. The molecule has 5 heavy (non-hydrogen) atoms. The number of hydrogen-bond acceptors (Lipinski definition) is 1. The standard InChI is InChI=1S/C2H5ClO.Zn/c1-2-4-3;/h2H2,1H3;. The van der Waals surface area contributed by atoms with Crippen LogP contribution in [0, 0.1) is 0 Å². The summed E-state index contributed by atoms with van der Waals surface area (Å²) in [6.45, 7) is 2.41. The summed E-state index contributed by atoms with van der Waals surface area (Å²) in [6.07, 6.45) is 0. The van der Waals surface area contributed by atoms with Crippen molar-refractivity contribution in [1.82, 2.24) is 0 Å². The molecule has 0 fully saturated rings. The van der Waals surface area contributed by atoms with Crippen molar-refractivity contribution in [2.24, 2.45) is 0 Å². The Hall–Kier alpha value is 0.873. The summed E-state index contributed by atoms with van der Waals surface area (Å²) in [4.78, 5) is 0. The molecule has 0 radical (unpaired) electrons. The predicted molar refractivity (Wildman–Crippen MR) is 17.5 cm³/mol. The zero-order valence-corrected chi connectivity index (χ0v) is 6.92. The molecule has 0 N–H and O–H groups in total. The first-order valence-electron chi connectivity index (χ1n) is 1.15. The molecule has 0 aromatic carbocycles. The van der Waals surface area contributed by atoms with Gasteiger partial charge in [-0.25, -0.2) is 0 Å². The third kappa shape index (κ3) is 11.5. The minimum Gasteiger partial charge on any atom is -0.280 e. The fourth-order valence-corrected chi connectivity index (χ4v) is 0. The third-order valence-electron chi connectivity index (χ3n) is 0.109. The molecule has 0 unspecified atom stereocenters. The molecule has 0 rings (SSSR count). The minimum atomic E-state index is 0. The van der Waals surface area contributed by atoms with Crippen LogP contribution in [-0.2, 0) is 23.8 Å². The van der Waals surface area contributed by atoms with Crippen molar-refractivity contribution in [2.45, 2.75) is 6.92 Å². The van der Waals surface area contributed by atoms with Crippen molar-refractivity contribution in [3.05, 3.63) is 0 Å². The summed E-state index contributed by atoms with van der Waals surface area (Å²) in [5.74, 6) is 0. The van der Waals surface area contributed by atoms with E-state index in [9.17, 15) is 0 Å². The van der Waals surface area contributed by atoms with Gasteiger partial charge in [0.25, 0.3) is 0 Å². The second-order valence-electron chi connectivity index (χ2n) is 0.398. The average molecular weight is 146 g/mol. The van der Waals surface area contributed by atoms with E-state index in [4.69, 9.17) is 0 Å². The van der Waals surface area contributed by atoms with Crippen LogP contribution in [-0.4, -0.2) is 6.61 Å². The predicted octanol–water partition coefficient (Wildman–Crippen LogP) is 1.17. The molecule has 0 bridgehead atoms. The van der Waals surface area contributed by atoms with E-state index in [1.54, 1.807) is 0 Å². The van der Waals surface area contributed by atoms with Gasteiger partial charge in [0.05, 0.1) is 18.5 Å². The second-order valence-corrected chi connectivity index (χ2v) is 0.616. The van der Waals surface area contributed by atoms with E-state index in [1.165, 1.54) is 0 Å². The van der Waals surface area contributed by atoms with Crippen LogP contribution in [0.1, 0.15) is 6.92 Å². The van der Waals surface area contributed by atoms with Crippen LogP contribution >= 0.6 is 11.9 Å². The van der Waals surface area contributed by atoms with Crippen molar-refractivity contribution in [3.8, 4) is 0 Å². The van der Waals surface area contributed by atoms with Crippen molar-refractivity contribution in [1.29, 1.82) is 0 Å². The molecule has 0 atom stereocenters. The van der Waals surface area contributed by atoms with Crippen molar-refractivity contribution in [3.63, 3.8) is 0 Å². The van der Waals surface area contributed by atoms with E-state index in [2.05, 4.69) is 16.2 Å². The fourth-order valence-electron chi connectivity index (χ4n) is 0. The summed E-state index contributed by atoms with van der Waals surface area (Å²) in [6, 6.07) is 0. The first-order chi connectivity index (χ1) is 1.91. The van der Waals surface area contributed by atoms with Crippen LogP contribution in [0.3, 0.4) is 0 Å². The average Bonchev–Trinajstić information content (AvgIpc) is 1.37. The van der Waals surface area contributed by atoms with Gasteiger partial charge in [0.15, 0.2) is 0 Å². The molecule has 0 aliphatic rings. The zero-order chi connectivity index (χ0) is 3.41. The third-order valence-corrected chi connectivity index (χ3v) is 0.327. The van der Waals surface area contributed by atoms with Crippen LogP contribution in [0.15, 0.2) is 0 Å². The van der Waals surface area contributed by atoms with Crippen LogP contribution in [0.4, 0.5) is 0 Å². The van der Waals surface area contributed by atoms with Gasteiger partial charge in [0, 0.05) is 19.5 Å². The zero-order valence-electron chi connectivity index (χ0n) is 3.20. The van der Waals surface area contributed by atoms with Crippen molar-refractivity contribution >= 4 is 11.9 Å². The molecule has 0 aliphatic heterocycles. The molecule has 28 valence electrons. The summed E-state index contributed by atoms with van der Waals surface area (Å²) in [7, 11) is 0. The van der Waals surface area contributed by atoms with Gasteiger partial charge < -0.3 is 0 Å². The number of hydrogen-bond donors (Lipinski definition) is 0. The van der Waals surface area contributed by atoms with Gasteiger partial charge in [-0.3, -0.25) is 4.29 Å². The SMILES string of the molecule is CCOCl.[Zn]. The molecule has 3 heteroatoms. The van der Waals surface area contributed by atoms with E-state index in [0.29, 0.717) is 6.61 Å². The van der Waals surface area contributed by atoms with E-state index >= 15 is 0 Å². The van der Waals surface area contributed by atoms with Crippen LogP contribution in [0.25, 0.3) is 0 Å². The molecule has 0 aromatic rings. The van der Waals surface area contributed by atoms with Gasteiger partial charge in [-0.1, -0.05) is 0 Å². The Kier molecular flexibility index (Phi) is 16.5. The largest absolute Gasteiger partial charge is 0.280 e. The van der Waals surface area contributed by atoms with Gasteiger partial charge in [0.2, 0.25) is 0 Å². The summed E-state index contributed by atoms with van der Waals surface area (Å²) in [5.41, 5.74) is 0. The summed E-state index contributed by atoms with van der Waals surface area (Å²) >= 11 is 4.69. The number of rotatable bonds is 1. The van der Waals surface area contributed by atoms with E-state index in [-0.39, 0.29) is 19.5 Å². The fraction of sp³-hybridized carbons (Fsp3) is 1.00. The maximum Gasteiger partial charge on any atom is 0.0654 e. The van der Waals surface area contributed by atoms with Gasteiger partial charge in [-0.15, -0.1) is 0 Å². The normalized spacial score (nSPS) is 6.00. The van der Waals surface area contributed by atoms with Crippen LogP contribution < -0.4 is 0 Å². The summed E-state index contributed by atoms with van der Waals surface area (Å²) < 4.78 is 4.01. The molecular weight excluding hydrogens is 141 g/mol. The monoisotopic (exact) mass is 144 g/mol. The van der Waals surface area contributed by atoms with Crippen molar-refractivity contribution in [2.75, 3.05) is 6.61 Å². The first-order valence-corrected chi connectivity index (χ1v) is 1.46. The van der Waals surface area contributed by atoms with E-state index in [1.807, 2.05) is 6.92 Å². The minimum absolute atomic E-state index is 0. The van der Waals surface area contributed by atoms with Crippen molar-refractivity contribution < 1.29 is 23.8 Å². The molecule has 0 amide bonds. The maximum absolute atomic E-state index is 4.69. The van der Waals surface area contributed by atoms with Gasteiger partial charge in [-0.2, -0.15) is 0 Å². The van der Waals surface area contributed by atoms with Crippen LogP contribution in [0.5, 0.6) is 0 Å². The van der Waals surface area contributed by atoms with E-state index in [0.717, 1.165) is 0 Å². The molecule has 1 nitrogen and oxygen atoms in total. The van der Waals surface area contributed by atoms with Crippen LogP contribution in [0.2, 0.25) is 0 Å². The first kappa shape index (κ1) is 9.30. The Bertz CT molecular complexity index is 11.6. The molecule has 0 saturated carbocycles. The smallest absolute Gasteiger partial charge is 0.0654 e. The Morgan fingerprint density at radius 1 is 1.80 bits per heavy atom. The topological polar surface area (TPSA) is 9.23 Å². The van der Waals surface area contributed by atoms with Gasteiger partial charge in [-0.05, 0) is 6.92 Å². The molecule has 0 aliphatic carbocycles. The molecule has 0 aromatic heterocycles. The quantitative estimate of drug-likeness (QED) is 0.504. The Morgan fingerprint density at radius 2 is 2.00 bits per heavy atom. The van der Waals surface area contributed by atoms with E-state index < -0.39 is 0 Å². The molecule has 0 saturated heterocycles. The Labute approximate surface area is 49.6 Å². The molecule has 0 spiro atoms. The molecular formula is C2H5ClOZn. The Morgan fingerprint density at radius 3 is 2.00 bits per heavy atom. The van der Waals surface area contributed by atoms with Gasteiger partial charge in [0.1, 0.15) is 0 Å². The molecule has 0 heterocycles. The second kappa shape index (κ2) is 8.86. The number of halogens is 1. The Balaban J connectivity index is 0. The van der Waals surface area contributed by atoms with Gasteiger partial charge >= 0.3 is 0 Å². The maximum atomic E-state index is 4.69.